The summed E-state index contributed by atoms with van der Waals surface area (Å²) >= 11 is 2.33. The van der Waals surface area contributed by atoms with Crippen molar-refractivity contribution in [2.75, 3.05) is 17.7 Å². The number of nitriles is 1. The summed E-state index contributed by atoms with van der Waals surface area (Å²) < 4.78 is 7.02. The van der Waals surface area contributed by atoms with Crippen LogP contribution in [0.4, 0.5) is 5.00 Å². The van der Waals surface area contributed by atoms with E-state index in [4.69, 9.17) is 4.74 Å². The Morgan fingerprint density at radius 1 is 1.25 bits per heavy atom. The molecule has 2 heterocycles. The van der Waals surface area contributed by atoms with Crippen LogP contribution in [0.3, 0.4) is 0 Å². The summed E-state index contributed by atoms with van der Waals surface area (Å²) in [6.45, 7) is 6.31. The van der Waals surface area contributed by atoms with Crippen molar-refractivity contribution in [3.63, 3.8) is 0 Å². The number of thioether (sulfide) groups is 1. The zero-order valence-corrected chi connectivity index (χ0v) is 19.7. The van der Waals surface area contributed by atoms with E-state index < -0.39 is 5.97 Å². The SMILES string of the molecule is CCOC(=O)c1sc(NC(=O)CSc2nnc(Cc3ccccc3)n2CC)c(C#N)c1C. The molecule has 8 nitrogen and oxygen atoms in total. The minimum absolute atomic E-state index is 0.0972. The molecule has 0 aliphatic carbocycles. The number of nitrogens with one attached hydrogen (secondary N) is 1. The van der Waals surface area contributed by atoms with Crippen LogP contribution in [0.1, 0.15) is 46.0 Å². The number of hydrogen-bond acceptors (Lipinski definition) is 8. The number of anilines is 1. The molecular formula is C22H23N5O3S2. The molecule has 32 heavy (non-hydrogen) atoms. The Bertz CT molecular complexity index is 1150. The molecule has 1 aromatic carbocycles. The van der Waals surface area contributed by atoms with Crippen molar-refractivity contribution in [2.24, 2.45) is 0 Å². The maximum atomic E-state index is 12.6. The highest BCUT2D eigenvalue weighted by atomic mass is 32.2. The van der Waals surface area contributed by atoms with Crippen LogP contribution in [-0.2, 0) is 22.5 Å². The number of thiophene rings is 1. The fourth-order valence-electron chi connectivity index (χ4n) is 3.07. The third-order valence-electron chi connectivity index (χ3n) is 4.62. The second kappa shape index (κ2) is 10.9. The molecule has 2 aromatic heterocycles. The van der Waals surface area contributed by atoms with Gasteiger partial charge in [0.25, 0.3) is 0 Å². The molecule has 0 fully saturated rings. The number of benzene rings is 1. The van der Waals surface area contributed by atoms with Gasteiger partial charge in [-0.05, 0) is 31.9 Å². The number of aromatic nitrogens is 3. The number of carbonyl (C=O) groups is 2. The maximum absolute atomic E-state index is 12.6. The van der Waals surface area contributed by atoms with Gasteiger partial charge >= 0.3 is 5.97 Å². The lowest BCUT2D eigenvalue weighted by atomic mass is 10.1. The van der Waals surface area contributed by atoms with Crippen molar-refractivity contribution in [2.45, 2.75) is 38.9 Å². The van der Waals surface area contributed by atoms with Gasteiger partial charge in [-0.2, -0.15) is 5.26 Å². The maximum Gasteiger partial charge on any atom is 0.348 e. The van der Waals surface area contributed by atoms with E-state index in [-0.39, 0.29) is 23.8 Å². The van der Waals surface area contributed by atoms with Gasteiger partial charge in [0.05, 0.1) is 17.9 Å². The van der Waals surface area contributed by atoms with E-state index in [1.807, 2.05) is 41.8 Å². The molecule has 0 bridgehead atoms. The Kier molecular flexibility index (Phi) is 8.03. The fourth-order valence-corrected chi connectivity index (χ4v) is 4.96. The summed E-state index contributed by atoms with van der Waals surface area (Å²) in [6, 6.07) is 12.1. The molecule has 1 N–H and O–H groups in total. The summed E-state index contributed by atoms with van der Waals surface area (Å²) in [5, 5.41) is 21.7. The normalized spacial score (nSPS) is 10.6. The molecule has 0 aliphatic heterocycles. The second-order valence-corrected chi connectivity index (χ2v) is 8.70. The van der Waals surface area contributed by atoms with Crippen molar-refractivity contribution in [1.82, 2.24) is 14.8 Å². The van der Waals surface area contributed by atoms with Crippen molar-refractivity contribution >= 4 is 40.0 Å². The Hall–Kier alpha value is -3.16. The van der Waals surface area contributed by atoms with Crippen molar-refractivity contribution in [3.8, 4) is 6.07 Å². The monoisotopic (exact) mass is 469 g/mol. The Balaban J connectivity index is 1.67. The number of esters is 1. The van der Waals surface area contributed by atoms with Crippen LogP contribution in [0.5, 0.6) is 0 Å². The van der Waals surface area contributed by atoms with Gasteiger partial charge in [0.15, 0.2) is 5.16 Å². The molecule has 0 unspecified atom stereocenters. The van der Waals surface area contributed by atoms with E-state index in [2.05, 4.69) is 21.6 Å². The number of nitrogens with zero attached hydrogens (tertiary/aromatic N) is 4. The lowest BCUT2D eigenvalue weighted by Crippen LogP contribution is -2.14. The first-order chi connectivity index (χ1) is 15.5. The van der Waals surface area contributed by atoms with E-state index in [0.717, 1.165) is 22.7 Å². The number of ether oxygens (including phenoxy) is 1. The molecule has 166 valence electrons. The number of carbonyl (C=O) groups excluding carboxylic acids is 2. The zero-order chi connectivity index (χ0) is 23.1. The molecule has 0 aliphatic rings. The molecule has 0 radical (unpaired) electrons. The smallest absolute Gasteiger partial charge is 0.348 e. The average molecular weight is 470 g/mol. The highest BCUT2D eigenvalue weighted by Gasteiger charge is 2.22. The van der Waals surface area contributed by atoms with Gasteiger partial charge in [0.2, 0.25) is 5.91 Å². The summed E-state index contributed by atoms with van der Waals surface area (Å²) in [6.07, 6.45) is 0.658. The Morgan fingerprint density at radius 3 is 2.66 bits per heavy atom. The molecule has 3 rings (SSSR count). The Labute approximate surface area is 194 Å². The lowest BCUT2D eigenvalue weighted by molar-refractivity contribution is -0.113. The molecule has 0 atom stereocenters. The summed E-state index contributed by atoms with van der Waals surface area (Å²) in [4.78, 5) is 25.0. The quantitative estimate of drug-likeness (QED) is 0.372. The van der Waals surface area contributed by atoms with Crippen LogP contribution in [0.2, 0.25) is 0 Å². The third-order valence-corrected chi connectivity index (χ3v) is 6.77. The first kappa shape index (κ1) is 23.5. The van der Waals surface area contributed by atoms with Gasteiger partial charge in [0.1, 0.15) is 21.8 Å². The summed E-state index contributed by atoms with van der Waals surface area (Å²) in [5.41, 5.74) is 1.92. The number of amides is 1. The minimum Gasteiger partial charge on any atom is -0.462 e. The van der Waals surface area contributed by atoms with Crippen molar-refractivity contribution in [3.05, 3.63) is 57.7 Å². The van der Waals surface area contributed by atoms with Crippen LogP contribution >= 0.6 is 23.1 Å². The van der Waals surface area contributed by atoms with Crippen LogP contribution in [0.15, 0.2) is 35.5 Å². The predicted octanol–water partition coefficient (Wildman–Crippen LogP) is 4.04. The van der Waals surface area contributed by atoms with Crippen LogP contribution in [-0.4, -0.2) is 39.0 Å². The fraction of sp³-hybridized carbons (Fsp3) is 0.318. The largest absolute Gasteiger partial charge is 0.462 e. The van der Waals surface area contributed by atoms with E-state index in [9.17, 15) is 14.9 Å². The number of rotatable bonds is 9. The van der Waals surface area contributed by atoms with E-state index >= 15 is 0 Å². The first-order valence-corrected chi connectivity index (χ1v) is 11.9. The lowest BCUT2D eigenvalue weighted by Gasteiger charge is -2.07. The standard InChI is InChI=1S/C22H23N5O3S2/c1-4-27-17(11-15-9-7-6-8-10-15)25-26-22(27)31-13-18(28)24-20-16(12-23)14(3)19(32-20)21(29)30-5-2/h6-10H,4-5,11,13H2,1-3H3,(H,24,28). The van der Waals surface area contributed by atoms with E-state index in [1.54, 1.807) is 13.8 Å². The van der Waals surface area contributed by atoms with Crippen LogP contribution in [0.25, 0.3) is 0 Å². The van der Waals surface area contributed by atoms with E-state index in [1.165, 1.54) is 11.8 Å². The third kappa shape index (κ3) is 5.36. The van der Waals surface area contributed by atoms with Gasteiger partial charge < -0.3 is 14.6 Å². The highest BCUT2D eigenvalue weighted by molar-refractivity contribution is 7.99. The average Bonchev–Trinajstić information content (AvgIpc) is 3.32. The molecule has 0 spiro atoms. The predicted molar refractivity (Wildman–Crippen MR) is 124 cm³/mol. The van der Waals surface area contributed by atoms with Gasteiger partial charge in [-0.1, -0.05) is 42.1 Å². The molecule has 10 heteroatoms. The topological polar surface area (TPSA) is 110 Å². The molecule has 0 saturated carbocycles. The second-order valence-electron chi connectivity index (χ2n) is 6.73. The summed E-state index contributed by atoms with van der Waals surface area (Å²) in [5.74, 6) is 0.142. The highest BCUT2D eigenvalue weighted by Crippen LogP contribution is 2.33. The minimum atomic E-state index is -0.497. The van der Waals surface area contributed by atoms with Crippen LogP contribution in [0, 0.1) is 18.3 Å². The van der Waals surface area contributed by atoms with Gasteiger partial charge in [-0.25, -0.2) is 4.79 Å². The van der Waals surface area contributed by atoms with Gasteiger partial charge in [0, 0.05) is 13.0 Å². The number of hydrogen-bond donors (Lipinski definition) is 1. The molecular weight excluding hydrogens is 446 g/mol. The molecule has 1 amide bonds. The van der Waals surface area contributed by atoms with Gasteiger partial charge in [-0.15, -0.1) is 21.5 Å². The van der Waals surface area contributed by atoms with Gasteiger partial charge in [-0.3, -0.25) is 4.79 Å². The zero-order valence-electron chi connectivity index (χ0n) is 18.0. The Morgan fingerprint density at radius 2 is 2.00 bits per heavy atom. The van der Waals surface area contributed by atoms with E-state index in [0.29, 0.717) is 33.6 Å². The molecule has 0 saturated heterocycles. The van der Waals surface area contributed by atoms with Crippen LogP contribution < -0.4 is 5.32 Å². The first-order valence-electron chi connectivity index (χ1n) is 10.1. The summed E-state index contributed by atoms with van der Waals surface area (Å²) in [7, 11) is 0. The molecule has 3 aromatic rings. The van der Waals surface area contributed by atoms with Crippen molar-refractivity contribution < 1.29 is 14.3 Å². The van der Waals surface area contributed by atoms with Crippen molar-refractivity contribution in [1.29, 1.82) is 5.26 Å².